The van der Waals surface area contributed by atoms with Crippen LogP contribution in [0.4, 0.5) is 0 Å². The van der Waals surface area contributed by atoms with Crippen LogP contribution in [0.15, 0.2) is 0 Å². The van der Waals surface area contributed by atoms with E-state index in [0.717, 1.165) is 30.5 Å². The van der Waals surface area contributed by atoms with Gasteiger partial charge in [-0.05, 0) is 63.5 Å². The lowest BCUT2D eigenvalue weighted by molar-refractivity contribution is 0.145. The largest absolute Gasteiger partial charge is 0.314 e. The number of likely N-dealkylation sites (tertiary alicyclic amines) is 1. The van der Waals surface area contributed by atoms with E-state index >= 15 is 0 Å². The van der Waals surface area contributed by atoms with Crippen LogP contribution in [0.1, 0.15) is 77.6 Å². The maximum atomic E-state index is 3.81. The molecular formula is C19H36N2. The lowest BCUT2D eigenvalue weighted by Gasteiger charge is -2.35. The quantitative estimate of drug-likeness (QED) is 0.764. The van der Waals surface area contributed by atoms with Crippen LogP contribution in [-0.4, -0.2) is 36.6 Å². The van der Waals surface area contributed by atoms with Gasteiger partial charge in [-0.2, -0.15) is 0 Å². The van der Waals surface area contributed by atoms with Crippen LogP contribution >= 0.6 is 0 Å². The van der Waals surface area contributed by atoms with Gasteiger partial charge in [0, 0.05) is 18.6 Å². The summed E-state index contributed by atoms with van der Waals surface area (Å²) in [6.45, 7) is 6.20. The van der Waals surface area contributed by atoms with E-state index in [1.54, 1.807) is 0 Å². The Morgan fingerprint density at radius 2 is 1.62 bits per heavy atom. The van der Waals surface area contributed by atoms with E-state index in [0.29, 0.717) is 0 Å². The van der Waals surface area contributed by atoms with Gasteiger partial charge in [-0.15, -0.1) is 0 Å². The first kappa shape index (κ1) is 15.8. The van der Waals surface area contributed by atoms with Crippen LogP contribution < -0.4 is 5.32 Å². The van der Waals surface area contributed by atoms with Crippen molar-refractivity contribution in [3.63, 3.8) is 0 Å². The zero-order valence-electron chi connectivity index (χ0n) is 14.2. The minimum absolute atomic E-state index is 0.794. The number of hydrogen-bond acceptors (Lipinski definition) is 2. The Bertz CT molecular complexity index is 298. The molecule has 3 unspecified atom stereocenters. The highest BCUT2D eigenvalue weighted by Gasteiger charge is 2.35. The van der Waals surface area contributed by atoms with E-state index in [1.807, 2.05) is 0 Å². The second-order valence-electron chi connectivity index (χ2n) is 7.81. The highest BCUT2D eigenvalue weighted by Crippen LogP contribution is 2.36. The molecule has 0 aromatic heterocycles. The Labute approximate surface area is 132 Å². The van der Waals surface area contributed by atoms with Gasteiger partial charge in [0.25, 0.3) is 0 Å². The SMILES string of the molecule is CCNC1CCCCCC1CN1CCCC1C1CCCC1. The van der Waals surface area contributed by atoms with E-state index in [4.69, 9.17) is 0 Å². The van der Waals surface area contributed by atoms with Gasteiger partial charge in [0.15, 0.2) is 0 Å². The molecule has 2 saturated carbocycles. The van der Waals surface area contributed by atoms with Crippen molar-refractivity contribution in [2.24, 2.45) is 11.8 Å². The van der Waals surface area contributed by atoms with Gasteiger partial charge >= 0.3 is 0 Å². The molecule has 0 radical (unpaired) electrons. The van der Waals surface area contributed by atoms with Crippen molar-refractivity contribution in [2.75, 3.05) is 19.6 Å². The lowest BCUT2D eigenvalue weighted by Crippen LogP contribution is -2.44. The summed E-state index contributed by atoms with van der Waals surface area (Å²) < 4.78 is 0. The topological polar surface area (TPSA) is 15.3 Å². The normalized spacial score (nSPS) is 36.1. The van der Waals surface area contributed by atoms with E-state index in [-0.39, 0.29) is 0 Å². The molecule has 3 aliphatic rings. The fourth-order valence-electron chi connectivity index (χ4n) is 5.39. The molecule has 122 valence electrons. The third-order valence-corrected chi connectivity index (χ3v) is 6.45. The number of nitrogens with one attached hydrogen (secondary N) is 1. The minimum atomic E-state index is 0.794. The van der Waals surface area contributed by atoms with Gasteiger partial charge in [0.1, 0.15) is 0 Å². The standard InChI is InChI=1S/C19H36N2/c1-2-20-18-12-5-3-4-11-17(18)15-21-14-8-13-19(21)16-9-6-7-10-16/h16-20H,2-15H2,1H3. The van der Waals surface area contributed by atoms with Crippen molar-refractivity contribution >= 4 is 0 Å². The summed E-state index contributed by atoms with van der Waals surface area (Å²) in [5.41, 5.74) is 0. The van der Waals surface area contributed by atoms with Crippen molar-refractivity contribution in [1.29, 1.82) is 0 Å². The fraction of sp³-hybridized carbons (Fsp3) is 1.00. The second kappa shape index (κ2) is 7.97. The van der Waals surface area contributed by atoms with Crippen molar-refractivity contribution < 1.29 is 0 Å². The summed E-state index contributed by atoms with van der Waals surface area (Å²) in [6, 6.07) is 1.74. The van der Waals surface area contributed by atoms with E-state index < -0.39 is 0 Å². The zero-order valence-corrected chi connectivity index (χ0v) is 14.2. The zero-order chi connectivity index (χ0) is 14.5. The van der Waals surface area contributed by atoms with Crippen molar-refractivity contribution in [1.82, 2.24) is 10.2 Å². The Hall–Kier alpha value is -0.0800. The molecule has 0 spiro atoms. The first-order chi connectivity index (χ1) is 10.4. The maximum absolute atomic E-state index is 3.81. The minimum Gasteiger partial charge on any atom is -0.314 e. The monoisotopic (exact) mass is 292 g/mol. The molecule has 0 aromatic rings. The summed E-state index contributed by atoms with van der Waals surface area (Å²) in [4.78, 5) is 2.91. The summed E-state index contributed by atoms with van der Waals surface area (Å²) >= 11 is 0. The molecule has 1 N–H and O–H groups in total. The van der Waals surface area contributed by atoms with Gasteiger partial charge < -0.3 is 5.32 Å². The first-order valence-corrected chi connectivity index (χ1v) is 9.86. The maximum Gasteiger partial charge on any atom is 0.0124 e. The molecule has 2 nitrogen and oxygen atoms in total. The average Bonchev–Trinajstić information content (AvgIpc) is 3.11. The van der Waals surface area contributed by atoms with Crippen molar-refractivity contribution in [2.45, 2.75) is 89.6 Å². The molecule has 0 aromatic carbocycles. The summed E-state index contributed by atoms with van der Waals surface area (Å²) in [6.07, 6.45) is 16.2. The second-order valence-corrected chi connectivity index (χ2v) is 7.81. The number of rotatable bonds is 5. The molecule has 21 heavy (non-hydrogen) atoms. The van der Waals surface area contributed by atoms with Gasteiger partial charge in [-0.3, -0.25) is 4.90 Å². The molecule has 2 aliphatic carbocycles. The Morgan fingerprint density at radius 1 is 0.857 bits per heavy atom. The number of hydrogen-bond donors (Lipinski definition) is 1. The Kier molecular flexibility index (Phi) is 5.99. The van der Waals surface area contributed by atoms with Crippen LogP contribution in [-0.2, 0) is 0 Å². The smallest absolute Gasteiger partial charge is 0.0124 e. The third kappa shape index (κ3) is 4.01. The van der Waals surface area contributed by atoms with Crippen LogP contribution in [0.5, 0.6) is 0 Å². The van der Waals surface area contributed by atoms with Gasteiger partial charge in [0.2, 0.25) is 0 Å². The molecule has 3 rings (SSSR count). The van der Waals surface area contributed by atoms with Crippen molar-refractivity contribution in [3.8, 4) is 0 Å². The van der Waals surface area contributed by atoms with Crippen LogP contribution in [0, 0.1) is 11.8 Å². The van der Waals surface area contributed by atoms with E-state index in [1.165, 1.54) is 83.7 Å². The summed E-state index contributed by atoms with van der Waals surface area (Å²) in [5, 5.41) is 3.81. The Balaban J connectivity index is 1.59. The molecule has 1 heterocycles. The van der Waals surface area contributed by atoms with Crippen molar-refractivity contribution in [3.05, 3.63) is 0 Å². The lowest BCUT2D eigenvalue weighted by atomic mass is 9.91. The fourth-order valence-corrected chi connectivity index (χ4v) is 5.39. The first-order valence-electron chi connectivity index (χ1n) is 9.86. The molecule has 3 fully saturated rings. The predicted molar refractivity (Wildman–Crippen MR) is 90.6 cm³/mol. The summed E-state index contributed by atoms with van der Waals surface area (Å²) in [7, 11) is 0. The van der Waals surface area contributed by atoms with Crippen LogP contribution in [0.2, 0.25) is 0 Å². The molecule has 0 bridgehead atoms. The highest BCUT2D eigenvalue weighted by atomic mass is 15.2. The molecule has 1 saturated heterocycles. The Morgan fingerprint density at radius 3 is 2.43 bits per heavy atom. The molecular weight excluding hydrogens is 256 g/mol. The van der Waals surface area contributed by atoms with Gasteiger partial charge in [0.05, 0.1) is 0 Å². The van der Waals surface area contributed by atoms with Gasteiger partial charge in [-0.25, -0.2) is 0 Å². The predicted octanol–water partition coefficient (Wildman–Crippen LogP) is 4.20. The molecule has 3 atom stereocenters. The van der Waals surface area contributed by atoms with Crippen LogP contribution in [0.3, 0.4) is 0 Å². The van der Waals surface area contributed by atoms with Gasteiger partial charge in [-0.1, -0.05) is 39.0 Å². The highest BCUT2D eigenvalue weighted by molar-refractivity contribution is 4.90. The third-order valence-electron chi connectivity index (χ3n) is 6.45. The number of nitrogens with zero attached hydrogens (tertiary/aromatic N) is 1. The molecule has 2 heteroatoms. The molecule has 1 aliphatic heterocycles. The molecule has 0 amide bonds. The summed E-state index contributed by atoms with van der Waals surface area (Å²) in [5.74, 6) is 1.95. The van der Waals surface area contributed by atoms with E-state index in [9.17, 15) is 0 Å². The van der Waals surface area contributed by atoms with Crippen LogP contribution in [0.25, 0.3) is 0 Å². The average molecular weight is 293 g/mol. The van der Waals surface area contributed by atoms with E-state index in [2.05, 4.69) is 17.1 Å².